The molecule has 5 nitrogen and oxygen atoms in total. The van der Waals surface area contributed by atoms with Crippen molar-refractivity contribution in [3.63, 3.8) is 0 Å². The van der Waals surface area contributed by atoms with E-state index in [1.807, 2.05) is 4.90 Å². The zero-order chi connectivity index (χ0) is 18.1. The third-order valence-electron chi connectivity index (χ3n) is 6.18. The molecule has 1 saturated carbocycles. The minimum Gasteiger partial charge on any atom is -0.335 e. The van der Waals surface area contributed by atoms with E-state index in [0.717, 1.165) is 45.2 Å². The van der Waals surface area contributed by atoms with E-state index < -0.39 is 9.84 Å². The number of hydrogen-bond donors (Lipinski definition) is 0. The first-order valence-corrected chi connectivity index (χ1v) is 11.6. The van der Waals surface area contributed by atoms with E-state index in [1.54, 1.807) is 0 Å². The number of benzene rings is 1. The monoisotopic (exact) mass is 376 g/mol. The SMILES string of the molecule is O=C(CN1CCc2ccccc2C1)N(C1CCCC1)C1CCS(=O)(=O)C1. The van der Waals surface area contributed by atoms with Crippen molar-refractivity contribution in [3.05, 3.63) is 35.4 Å². The maximum absolute atomic E-state index is 13.2. The second-order valence-corrected chi connectivity index (χ2v) is 10.3. The summed E-state index contributed by atoms with van der Waals surface area (Å²) in [5.41, 5.74) is 2.69. The average Bonchev–Trinajstić information content (AvgIpc) is 3.25. The molecule has 142 valence electrons. The van der Waals surface area contributed by atoms with Crippen molar-refractivity contribution >= 4 is 15.7 Å². The van der Waals surface area contributed by atoms with Crippen molar-refractivity contribution in [2.75, 3.05) is 24.6 Å². The van der Waals surface area contributed by atoms with Crippen LogP contribution >= 0.6 is 0 Å². The molecule has 0 aromatic heterocycles. The van der Waals surface area contributed by atoms with Gasteiger partial charge in [-0.15, -0.1) is 0 Å². The number of carbonyl (C=O) groups is 1. The van der Waals surface area contributed by atoms with Gasteiger partial charge in [0.15, 0.2) is 9.84 Å². The van der Waals surface area contributed by atoms with Crippen LogP contribution in [0.25, 0.3) is 0 Å². The zero-order valence-electron chi connectivity index (χ0n) is 15.3. The number of carbonyl (C=O) groups excluding carboxylic acids is 1. The molecule has 1 saturated heterocycles. The van der Waals surface area contributed by atoms with Gasteiger partial charge >= 0.3 is 0 Å². The van der Waals surface area contributed by atoms with Crippen molar-refractivity contribution in [2.24, 2.45) is 0 Å². The number of amides is 1. The Hall–Kier alpha value is -1.40. The van der Waals surface area contributed by atoms with Gasteiger partial charge in [0, 0.05) is 25.2 Å². The van der Waals surface area contributed by atoms with Crippen LogP contribution in [0.2, 0.25) is 0 Å². The Morgan fingerprint density at radius 1 is 1.08 bits per heavy atom. The zero-order valence-corrected chi connectivity index (χ0v) is 16.1. The summed E-state index contributed by atoms with van der Waals surface area (Å²) in [6.07, 6.45) is 5.91. The summed E-state index contributed by atoms with van der Waals surface area (Å²) in [6, 6.07) is 8.55. The number of sulfone groups is 1. The van der Waals surface area contributed by atoms with Gasteiger partial charge in [0.2, 0.25) is 5.91 Å². The van der Waals surface area contributed by atoms with Crippen LogP contribution in [0.4, 0.5) is 0 Å². The third-order valence-corrected chi connectivity index (χ3v) is 7.93. The Kier molecular flexibility index (Phi) is 5.06. The minimum absolute atomic E-state index is 0.118. The van der Waals surface area contributed by atoms with Crippen LogP contribution in [0.5, 0.6) is 0 Å². The van der Waals surface area contributed by atoms with Crippen LogP contribution in [0.1, 0.15) is 43.2 Å². The molecule has 6 heteroatoms. The second kappa shape index (κ2) is 7.31. The molecule has 0 N–H and O–H groups in total. The molecule has 1 atom stereocenters. The van der Waals surface area contributed by atoms with E-state index >= 15 is 0 Å². The van der Waals surface area contributed by atoms with Crippen molar-refractivity contribution < 1.29 is 13.2 Å². The summed E-state index contributed by atoms with van der Waals surface area (Å²) >= 11 is 0. The highest BCUT2D eigenvalue weighted by atomic mass is 32.2. The maximum atomic E-state index is 13.2. The van der Waals surface area contributed by atoms with Crippen LogP contribution in [-0.2, 0) is 27.6 Å². The lowest BCUT2D eigenvalue weighted by molar-refractivity contribution is -0.137. The highest BCUT2D eigenvalue weighted by Crippen LogP contribution is 2.29. The number of nitrogens with zero attached hydrogens (tertiary/aromatic N) is 2. The van der Waals surface area contributed by atoms with Gasteiger partial charge in [0.25, 0.3) is 0 Å². The van der Waals surface area contributed by atoms with Crippen molar-refractivity contribution in [3.8, 4) is 0 Å². The summed E-state index contributed by atoms with van der Waals surface area (Å²) < 4.78 is 23.9. The molecule has 0 radical (unpaired) electrons. The first-order valence-electron chi connectivity index (χ1n) is 9.82. The summed E-state index contributed by atoms with van der Waals surface area (Å²) in [6.45, 7) is 2.11. The fourth-order valence-corrected chi connectivity index (χ4v) is 6.56. The maximum Gasteiger partial charge on any atom is 0.237 e. The van der Waals surface area contributed by atoms with E-state index in [2.05, 4.69) is 29.2 Å². The minimum atomic E-state index is -2.98. The quantitative estimate of drug-likeness (QED) is 0.807. The normalized spacial score (nSPS) is 25.9. The molecule has 1 aromatic carbocycles. The predicted molar refractivity (Wildman–Crippen MR) is 102 cm³/mol. The van der Waals surface area contributed by atoms with Crippen LogP contribution in [0.15, 0.2) is 24.3 Å². The Bertz CT molecular complexity index is 771. The smallest absolute Gasteiger partial charge is 0.237 e. The van der Waals surface area contributed by atoms with Gasteiger partial charge in [0.1, 0.15) is 0 Å². The topological polar surface area (TPSA) is 57.7 Å². The van der Waals surface area contributed by atoms with Crippen LogP contribution in [-0.4, -0.2) is 60.8 Å². The lowest BCUT2D eigenvalue weighted by Crippen LogP contribution is -2.51. The Balaban J connectivity index is 1.46. The fraction of sp³-hybridized carbons (Fsp3) is 0.650. The number of fused-ring (bicyclic) bond motifs is 1. The molecule has 4 rings (SSSR count). The number of rotatable bonds is 4. The standard InChI is InChI=1S/C20H28N2O3S/c23-20(14-21-11-9-16-5-1-2-6-17(16)13-21)22(18-7-3-4-8-18)19-10-12-26(24,25)15-19/h1-2,5-6,18-19H,3-4,7-15H2. The summed E-state index contributed by atoms with van der Waals surface area (Å²) in [5, 5.41) is 0. The largest absolute Gasteiger partial charge is 0.335 e. The first-order chi connectivity index (χ1) is 12.5. The van der Waals surface area contributed by atoms with E-state index in [9.17, 15) is 13.2 Å². The summed E-state index contributed by atoms with van der Waals surface area (Å²) in [7, 11) is -2.98. The van der Waals surface area contributed by atoms with Crippen LogP contribution in [0, 0.1) is 0 Å². The molecule has 1 unspecified atom stereocenters. The lowest BCUT2D eigenvalue weighted by atomic mass is 10.00. The number of hydrogen-bond acceptors (Lipinski definition) is 4. The van der Waals surface area contributed by atoms with E-state index in [-0.39, 0.29) is 29.5 Å². The highest BCUT2D eigenvalue weighted by molar-refractivity contribution is 7.91. The summed E-state index contributed by atoms with van der Waals surface area (Å²) in [4.78, 5) is 17.4. The average molecular weight is 377 g/mol. The molecule has 0 spiro atoms. The van der Waals surface area contributed by atoms with Crippen molar-refractivity contribution in [1.29, 1.82) is 0 Å². The first kappa shape index (κ1) is 18.0. The molecule has 1 aromatic rings. The van der Waals surface area contributed by atoms with Crippen LogP contribution in [0.3, 0.4) is 0 Å². The van der Waals surface area contributed by atoms with E-state index in [1.165, 1.54) is 11.1 Å². The second-order valence-electron chi connectivity index (χ2n) is 8.03. The van der Waals surface area contributed by atoms with E-state index in [0.29, 0.717) is 13.0 Å². The predicted octanol–water partition coefficient (Wildman–Crippen LogP) is 2.00. The van der Waals surface area contributed by atoms with Gasteiger partial charge in [0.05, 0.1) is 18.1 Å². The van der Waals surface area contributed by atoms with Gasteiger partial charge in [-0.1, -0.05) is 37.1 Å². The summed E-state index contributed by atoms with van der Waals surface area (Å²) in [5.74, 6) is 0.502. The van der Waals surface area contributed by atoms with Crippen molar-refractivity contribution in [1.82, 2.24) is 9.80 Å². The van der Waals surface area contributed by atoms with Gasteiger partial charge in [-0.05, 0) is 36.8 Å². The van der Waals surface area contributed by atoms with Crippen molar-refractivity contribution in [2.45, 2.75) is 57.2 Å². The molecule has 2 heterocycles. The molecule has 1 aliphatic carbocycles. The third kappa shape index (κ3) is 3.81. The van der Waals surface area contributed by atoms with Gasteiger partial charge < -0.3 is 4.90 Å². The Morgan fingerprint density at radius 3 is 2.50 bits per heavy atom. The fourth-order valence-electron chi connectivity index (χ4n) is 4.84. The van der Waals surface area contributed by atoms with Gasteiger partial charge in [-0.25, -0.2) is 8.42 Å². The molecular formula is C20H28N2O3S. The molecule has 1 amide bonds. The molecule has 2 fully saturated rings. The van der Waals surface area contributed by atoms with Crippen LogP contribution < -0.4 is 0 Å². The highest BCUT2D eigenvalue weighted by Gasteiger charge is 2.39. The molecule has 2 aliphatic heterocycles. The van der Waals surface area contributed by atoms with E-state index in [4.69, 9.17) is 0 Å². The molecule has 3 aliphatic rings. The Labute approximate surface area is 156 Å². The molecular weight excluding hydrogens is 348 g/mol. The van der Waals surface area contributed by atoms with Gasteiger partial charge in [-0.3, -0.25) is 9.69 Å². The molecule has 26 heavy (non-hydrogen) atoms. The van der Waals surface area contributed by atoms with Gasteiger partial charge in [-0.2, -0.15) is 0 Å². The lowest BCUT2D eigenvalue weighted by Gasteiger charge is -2.37. The Morgan fingerprint density at radius 2 is 1.81 bits per heavy atom. The molecule has 0 bridgehead atoms.